The molecule has 1 N–H and O–H groups in total. The third kappa shape index (κ3) is 4.78. The summed E-state index contributed by atoms with van der Waals surface area (Å²) in [7, 11) is 3.48. The molecule has 1 unspecified atom stereocenters. The Morgan fingerprint density at radius 1 is 1.29 bits per heavy atom. The Balaban J connectivity index is 1.75. The quantitative estimate of drug-likeness (QED) is 0.593. The summed E-state index contributed by atoms with van der Waals surface area (Å²) >= 11 is 3.24. The molecule has 3 rings (SSSR count). The molecule has 146 valence electrons. The van der Waals surface area contributed by atoms with Crippen molar-refractivity contribution in [3.8, 4) is 5.75 Å². The molecule has 0 saturated heterocycles. The first kappa shape index (κ1) is 20.1. The molecule has 0 spiro atoms. The molecule has 0 fully saturated rings. The number of benzene rings is 2. The lowest BCUT2D eigenvalue weighted by Gasteiger charge is -2.19. The van der Waals surface area contributed by atoms with Crippen LogP contribution in [0.1, 0.15) is 29.4 Å². The standard InChI is InChI=1S/C21H21BrFN3O2/c1-26-12-11-24-21(26)20(15-4-8-17(28-2)9-5-15)25-19(27)10-6-14-3-7-16(22)13-18(14)23/h3-5,7-9,11-13,20H,6,10H2,1-2H3,(H,25,27). The molecular weight excluding hydrogens is 425 g/mol. The lowest BCUT2D eigenvalue weighted by atomic mass is 10.0. The van der Waals surface area contributed by atoms with E-state index in [0.717, 1.165) is 11.3 Å². The monoisotopic (exact) mass is 445 g/mol. The number of hydrogen-bond acceptors (Lipinski definition) is 3. The first-order chi connectivity index (χ1) is 13.5. The number of nitrogens with zero attached hydrogens (tertiary/aromatic N) is 2. The summed E-state index contributed by atoms with van der Waals surface area (Å²) in [4.78, 5) is 17.0. The lowest BCUT2D eigenvalue weighted by molar-refractivity contribution is -0.121. The van der Waals surface area contributed by atoms with Gasteiger partial charge in [0.15, 0.2) is 0 Å². The van der Waals surface area contributed by atoms with Crippen LogP contribution in [0, 0.1) is 5.82 Å². The van der Waals surface area contributed by atoms with Crippen molar-refractivity contribution in [2.24, 2.45) is 7.05 Å². The summed E-state index contributed by atoms with van der Waals surface area (Å²) in [6.45, 7) is 0. The normalized spacial score (nSPS) is 11.9. The molecular formula is C21H21BrFN3O2. The number of amides is 1. The Morgan fingerprint density at radius 3 is 2.64 bits per heavy atom. The topological polar surface area (TPSA) is 56.1 Å². The van der Waals surface area contributed by atoms with E-state index in [4.69, 9.17) is 4.74 Å². The minimum absolute atomic E-state index is 0.175. The largest absolute Gasteiger partial charge is 0.497 e. The molecule has 0 aliphatic rings. The van der Waals surface area contributed by atoms with Crippen LogP contribution in [0.4, 0.5) is 4.39 Å². The van der Waals surface area contributed by atoms with Crippen LogP contribution in [-0.2, 0) is 18.3 Å². The van der Waals surface area contributed by atoms with Crippen LogP contribution >= 0.6 is 15.9 Å². The van der Waals surface area contributed by atoms with Gasteiger partial charge in [-0.3, -0.25) is 4.79 Å². The minimum atomic E-state index is -0.409. The molecule has 1 amide bonds. The van der Waals surface area contributed by atoms with Crippen molar-refractivity contribution < 1.29 is 13.9 Å². The highest BCUT2D eigenvalue weighted by atomic mass is 79.9. The Kier molecular flexibility index (Phi) is 6.46. The van der Waals surface area contributed by atoms with Crippen molar-refractivity contribution in [2.45, 2.75) is 18.9 Å². The summed E-state index contributed by atoms with van der Waals surface area (Å²) in [5.74, 6) is 0.955. The fourth-order valence-corrected chi connectivity index (χ4v) is 3.29. The van der Waals surface area contributed by atoms with E-state index in [1.165, 1.54) is 6.07 Å². The van der Waals surface area contributed by atoms with E-state index in [1.54, 1.807) is 25.4 Å². The number of carbonyl (C=O) groups excluding carboxylic acids is 1. The fraction of sp³-hybridized carbons (Fsp3) is 0.238. The SMILES string of the molecule is COc1ccc(C(NC(=O)CCc2ccc(Br)cc2F)c2nccn2C)cc1. The van der Waals surface area contributed by atoms with Gasteiger partial charge in [0, 0.05) is 30.3 Å². The molecule has 1 atom stereocenters. The van der Waals surface area contributed by atoms with Gasteiger partial charge in [-0.2, -0.15) is 0 Å². The van der Waals surface area contributed by atoms with Gasteiger partial charge >= 0.3 is 0 Å². The van der Waals surface area contributed by atoms with Crippen LogP contribution in [0.5, 0.6) is 5.75 Å². The Bertz CT molecular complexity index is 957. The van der Waals surface area contributed by atoms with Crippen LogP contribution in [0.15, 0.2) is 59.3 Å². The van der Waals surface area contributed by atoms with Gasteiger partial charge < -0.3 is 14.6 Å². The van der Waals surface area contributed by atoms with Crippen molar-refractivity contribution >= 4 is 21.8 Å². The molecule has 0 radical (unpaired) electrons. The van der Waals surface area contributed by atoms with Gasteiger partial charge in [0.2, 0.25) is 5.91 Å². The van der Waals surface area contributed by atoms with Crippen molar-refractivity contribution in [1.82, 2.24) is 14.9 Å². The van der Waals surface area contributed by atoms with Crippen LogP contribution < -0.4 is 10.1 Å². The van der Waals surface area contributed by atoms with Crippen LogP contribution in [-0.4, -0.2) is 22.6 Å². The average molecular weight is 446 g/mol. The van der Waals surface area contributed by atoms with Gasteiger partial charge in [-0.15, -0.1) is 0 Å². The van der Waals surface area contributed by atoms with Gasteiger partial charge in [0.1, 0.15) is 23.4 Å². The Morgan fingerprint density at radius 2 is 2.04 bits per heavy atom. The molecule has 7 heteroatoms. The summed E-state index contributed by atoms with van der Waals surface area (Å²) in [5.41, 5.74) is 1.40. The molecule has 0 aliphatic carbocycles. The second-order valence-corrected chi connectivity index (χ2v) is 7.32. The van der Waals surface area contributed by atoms with E-state index in [0.29, 0.717) is 22.3 Å². The Labute approximate surface area is 171 Å². The second kappa shape index (κ2) is 9.01. The zero-order valence-electron chi connectivity index (χ0n) is 15.7. The van der Waals surface area contributed by atoms with E-state index in [-0.39, 0.29) is 18.1 Å². The Hall–Kier alpha value is -2.67. The maximum Gasteiger partial charge on any atom is 0.221 e. The molecule has 0 bridgehead atoms. The summed E-state index contributed by atoms with van der Waals surface area (Å²) in [5, 5.41) is 3.02. The van der Waals surface area contributed by atoms with Gasteiger partial charge in [-0.1, -0.05) is 34.1 Å². The van der Waals surface area contributed by atoms with Crippen molar-refractivity contribution in [2.75, 3.05) is 7.11 Å². The lowest BCUT2D eigenvalue weighted by Crippen LogP contribution is -2.31. The summed E-state index contributed by atoms with van der Waals surface area (Å²) < 4.78 is 21.7. The van der Waals surface area contributed by atoms with E-state index in [1.807, 2.05) is 42.1 Å². The molecule has 5 nitrogen and oxygen atoms in total. The van der Waals surface area contributed by atoms with E-state index < -0.39 is 6.04 Å². The number of imidazole rings is 1. The maximum absolute atomic E-state index is 14.0. The minimum Gasteiger partial charge on any atom is -0.497 e. The molecule has 28 heavy (non-hydrogen) atoms. The maximum atomic E-state index is 14.0. The second-order valence-electron chi connectivity index (χ2n) is 6.41. The molecule has 3 aromatic rings. The number of halogens is 2. The third-order valence-corrected chi connectivity index (χ3v) is 5.00. The number of hydrogen-bond donors (Lipinski definition) is 1. The van der Waals surface area contributed by atoms with Crippen molar-refractivity contribution in [3.63, 3.8) is 0 Å². The van der Waals surface area contributed by atoms with Gasteiger partial charge in [-0.05, 0) is 41.8 Å². The number of rotatable bonds is 7. The predicted molar refractivity (Wildman–Crippen MR) is 109 cm³/mol. The molecule has 1 aromatic heterocycles. The summed E-state index contributed by atoms with van der Waals surface area (Å²) in [6, 6.07) is 11.9. The van der Waals surface area contributed by atoms with Crippen LogP contribution in [0.2, 0.25) is 0 Å². The predicted octanol–water partition coefficient (Wildman–Crippen LogP) is 4.17. The van der Waals surface area contributed by atoms with Crippen LogP contribution in [0.25, 0.3) is 0 Å². The first-order valence-corrected chi connectivity index (χ1v) is 9.61. The number of aryl methyl sites for hydroxylation is 2. The van der Waals surface area contributed by atoms with Gasteiger partial charge in [0.05, 0.1) is 7.11 Å². The van der Waals surface area contributed by atoms with Crippen molar-refractivity contribution in [1.29, 1.82) is 0 Å². The molecule has 0 aliphatic heterocycles. The van der Waals surface area contributed by atoms with E-state index in [2.05, 4.69) is 26.2 Å². The number of nitrogens with one attached hydrogen (secondary N) is 1. The smallest absolute Gasteiger partial charge is 0.221 e. The van der Waals surface area contributed by atoms with Gasteiger partial charge in [0.25, 0.3) is 0 Å². The average Bonchev–Trinajstić information content (AvgIpc) is 3.11. The number of carbonyl (C=O) groups is 1. The third-order valence-electron chi connectivity index (χ3n) is 4.51. The highest BCUT2D eigenvalue weighted by Crippen LogP contribution is 2.23. The van der Waals surface area contributed by atoms with E-state index in [9.17, 15) is 9.18 Å². The fourth-order valence-electron chi connectivity index (χ4n) is 2.95. The molecule has 0 saturated carbocycles. The molecule has 1 heterocycles. The molecule has 2 aromatic carbocycles. The number of aromatic nitrogens is 2. The zero-order valence-corrected chi connectivity index (χ0v) is 17.2. The highest BCUT2D eigenvalue weighted by Gasteiger charge is 2.21. The van der Waals surface area contributed by atoms with Crippen molar-refractivity contribution in [3.05, 3.63) is 82.1 Å². The summed E-state index contributed by atoms with van der Waals surface area (Å²) in [6.07, 6.45) is 4.01. The highest BCUT2D eigenvalue weighted by molar-refractivity contribution is 9.10. The first-order valence-electron chi connectivity index (χ1n) is 8.82. The van der Waals surface area contributed by atoms with Crippen LogP contribution in [0.3, 0.4) is 0 Å². The van der Waals surface area contributed by atoms with Gasteiger partial charge in [-0.25, -0.2) is 9.37 Å². The zero-order chi connectivity index (χ0) is 20.1. The number of ether oxygens (including phenoxy) is 1. The van der Waals surface area contributed by atoms with E-state index >= 15 is 0 Å². The number of methoxy groups -OCH3 is 1.